The fourth-order valence-corrected chi connectivity index (χ4v) is 3.67. The number of halogens is 1. The SMILES string of the molecule is Cc1ccc(S(=O)(=O)Oc2ccc(Cl)c(C)c2)s1. The minimum Gasteiger partial charge on any atom is -0.378 e. The van der Waals surface area contributed by atoms with Gasteiger partial charge in [-0.1, -0.05) is 11.6 Å². The Hall–Kier alpha value is -1.04. The minimum atomic E-state index is -3.75. The van der Waals surface area contributed by atoms with Crippen molar-refractivity contribution in [1.82, 2.24) is 0 Å². The van der Waals surface area contributed by atoms with Crippen molar-refractivity contribution in [2.45, 2.75) is 18.1 Å². The van der Waals surface area contributed by atoms with Gasteiger partial charge in [0.2, 0.25) is 0 Å². The summed E-state index contributed by atoms with van der Waals surface area (Å²) < 4.78 is 29.2. The number of rotatable bonds is 3. The van der Waals surface area contributed by atoms with Crippen LogP contribution in [-0.4, -0.2) is 8.42 Å². The number of benzene rings is 1. The molecule has 0 saturated carbocycles. The highest BCUT2D eigenvalue weighted by atomic mass is 35.5. The average molecular weight is 303 g/mol. The van der Waals surface area contributed by atoms with E-state index in [2.05, 4.69) is 0 Å². The molecule has 0 saturated heterocycles. The summed E-state index contributed by atoms with van der Waals surface area (Å²) in [6.07, 6.45) is 0. The lowest BCUT2D eigenvalue weighted by Crippen LogP contribution is -2.07. The van der Waals surface area contributed by atoms with Gasteiger partial charge in [0.15, 0.2) is 4.21 Å². The van der Waals surface area contributed by atoms with Gasteiger partial charge in [0.1, 0.15) is 5.75 Å². The third-order valence-corrected chi connectivity index (χ3v) is 5.42. The second kappa shape index (κ2) is 4.91. The van der Waals surface area contributed by atoms with Crippen LogP contribution < -0.4 is 4.18 Å². The van der Waals surface area contributed by atoms with E-state index in [-0.39, 0.29) is 9.96 Å². The van der Waals surface area contributed by atoms with Crippen molar-refractivity contribution in [2.75, 3.05) is 0 Å². The molecule has 1 aromatic heterocycles. The zero-order valence-electron chi connectivity index (χ0n) is 9.81. The third kappa shape index (κ3) is 2.85. The molecule has 18 heavy (non-hydrogen) atoms. The van der Waals surface area contributed by atoms with Gasteiger partial charge in [0.25, 0.3) is 0 Å². The molecular formula is C12H11ClO3S2. The standard InChI is InChI=1S/C12H11ClO3S2/c1-8-7-10(4-5-11(8)13)16-18(14,15)12-6-3-9(2)17-12/h3-7H,1-2H3. The van der Waals surface area contributed by atoms with Gasteiger partial charge in [-0.25, -0.2) is 0 Å². The Morgan fingerprint density at radius 2 is 1.89 bits per heavy atom. The van der Waals surface area contributed by atoms with Crippen LogP contribution in [0.1, 0.15) is 10.4 Å². The lowest BCUT2D eigenvalue weighted by Gasteiger charge is -2.06. The average Bonchev–Trinajstić information content (AvgIpc) is 2.71. The van der Waals surface area contributed by atoms with Crippen LogP contribution >= 0.6 is 22.9 Å². The van der Waals surface area contributed by atoms with Crippen molar-refractivity contribution in [2.24, 2.45) is 0 Å². The van der Waals surface area contributed by atoms with Crippen LogP contribution in [0.4, 0.5) is 0 Å². The Morgan fingerprint density at radius 1 is 1.17 bits per heavy atom. The Kier molecular flexibility index (Phi) is 3.66. The highest BCUT2D eigenvalue weighted by molar-refractivity contribution is 7.89. The number of thiophene rings is 1. The van der Waals surface area contributed by atoms with Crippen LogP contribution in [0.25, 0.3) is 0 Å². The third-order valence-electron chi connectivity index (χ3n) is 2.30. The molecule has 0 atom stereocenters. The van der Waals surface area contributed by atoms with Crippen molar-refractivity contribution in [3.05, 3.63) is 45.8 Å². The first kappa shape index (κ1) is 13.4. The zero-order valence-corrected chi connectivity index (χ0v) is 12.2. The number of hydrogen-bond donors (Lipinski definition) is 0. The fourth-order valence-electron chi connectivity index (χ4n) is 1.38. The van der Waals surface area contributed by atoms with Crippen LogP contribution in [0.15, 0.2) is 34.5 Å². The molecule has 0 N–H and O–H groups in total. The fraction of sp³-hybridized carbons (Fsp3) is 0.167. The number of hydrogen-bond acceptors (Lipinski definition) is 4. The molecule has 0 aliphatic heterocycles. The zero-order chi connectivity index (χ0) is 13.3. The van der Waals surface area contributed by atoms with E-state index >= 15 is 0 Å². The molecular weight excluding hydrogens is 292 g/mol. The van der Waals surface area contributed by atoms with Crippen LogP contribution in [-0.2, 0) is 10.1 Å². The van der Waals surface area contributed by atoms with Gasteiger partial charge in [-0.2, -0.15) is 8.42 Å². The predicted octanol–water partition coefficient (Wildman–Crippen LogP) is 3.79. The highest BCUT2D eigenvalue weighted by Crippen LogP contribution is 2.27. The van der Waals surface area contributed by atoms with Gasteiger partial charge in [-0.15, -0.1) is 11.3 Å². The summed E-state index contributed by atoms with van der Waals surface area (Å²) >= 11 is 7.05. The highest BCUT2D eigenvalue weighted by Gasteiger charge is 2.18. The molecule has 1 heterocycles. The van der Waals surface area contributed by atoms with Crippen LogP contribution in [0.2, 0.25) is 5.02 Å². The maximum atomic E-state index is 12.0. The summed E-state index contributed by atoms with van der Waals surface area (Å²) in [6.45, 7) is 3.63. The largest absolute Gasteiger partial charge is 0.378 e. The minimum absolute atomic E-state index is 0.201. The first-order valence-corrected chi connectivity index (χ1v) is 7.76. The molecule has 0 radical (unpaired) electrons. The molecule has 0 spiro atoms. The summed E-state index contributed by atoms with van der Waals surface area (Å²) in [7, 11) is -3.75. The predicted molar refractivity (Wildman–Crippen MR) is 73.1 cm³/mol. The van der Waals surface area contributed by atoms with Gasteiger partial charge < -0.3 is 4.18 Å². The van der Waals surface area contributed by atoms with E-state index in [4.69, 9.17) is 15.8 Å². The van der Waals surface area contributed by atoms with Crippen molar-refractivity contribution >= 4 is 33.1 Å². The van der Waals surface area contributed by atoms with E-state index < -0.39 is 10.1 Å². The Labute approximate surface area is 115 Å². The molecule has 0 unspecified atom stereocenters. The molecule has 0 bridgehead atoms. The number of aryl methyl sites for hydroxylation is 2. The lowest BCUT2D eigenvalue weighted by molar-refractivity contribution is 0.488. The molecule has 2 aromatic rings. The molecule has 0 aliphatic carbocycles. The maximum absolute atomic E-state index is 12.0. The Morgan fingerprint density at radius 3 is 2.44 bits per heavy atom. The van der Waals surface area contributed by atoms with Crippen LogP contribution in [0.3, 0.4) is 0 Å². The van der Waals surface area contributed by atoms with Crippen molar-refractivity contribution in [3.63, 3.8) is 0 Å². The second-order valence-electron chi connectivity index (χ2n) is 3.81. The smallest absolute Gasteiger partial charge is 0.348 e. The molecule has 6 heteroatoms. The summed E-state index contributed by atoms with van der Waals surface area (Å²) in [4.78, 5) is 0.921. The molecule has 1 aromatic carbocycles. The van der Waals surface area contributed by atoms with Crippen LogP contribution in [0.5, 0.6) is 5.75 Å². The Balaban J connectivity index is 2.30. The molecule has 96 valence electrons. The molecule has 0 fully saturated rings. The summed E-state index contributed by atoms with van der Waals surface area (Å²) in [5.41, 5.74) is 0.770. The van der Waals surface area contributed by atoms with Crippen molar-refractivity contribution < 1.29 is 12.6 Å². The second-order valence-corrected chi connectivity index (χ2v) is 7.28. The van der Waals surface area contributed by atoms with Crippen molar-refractivity contribution in [1.29, 1.82) is 0 Å². The van der Waals surface area contributed by atoms with E-state index in [9.17, 15) is 8.42 Å². The Bertz CT molecular complexity index is 674. The lowest BCUT2D eigenvalue weighted by atomic mass is 10.2. The molecule has 3 nitrogen and oxygen atoms in total. The summed E-state index contributed by atoms with van der Waals surface area (Å²) in [6, 6.07) is 8.03. The van der Waals surface area contributed by atoms with Gasteiger partial charge in [0, 0.05) is 9.90 Å². The van der Waals surface area contributed by atoms with Crippen molar-refractivity contribution in [3.8, 4) is 5.75 Å². The normalized spacial score (nSPS) is 11.5. The van der Waals surface area contributed by atoms with E-state index in [1.165, 1.54) is 23.5 Å². The van der Waals surface area contributed by atoms with Gasteiger partial charge in [0.05, 0.1) is 0 Å². The topological polar surface area (TPSA) is 43.4 Å². The summed E-state index contributed by atoms with van der Waals surface area (Å²) in [5.74, 6) is 0.267. The maximum Gasteiger partial charge on any atom is 0.348 e. The quantitative estimate of drug-likeness (QED) is 0.810. The van der Waals surface area contributed by atoms with E-state index in [0.717, 1.165) is 10.4 Å². The van der Waals surface area contributed by atoms with E-state index in [1.54, 1.807) is 25.1 Å². The first-order valence-electron chi connectivity index (χ1n) is 5.15. The molecule has 0 amide bonds. The van der Waals surface area contributed by atoms with Gasteiger partial charge in [-0.3, -0.25) is 0 Å². The first-order chi connectivity index (χ1) is 8.38. The van der Waals surface area contributed by atoms with Gasteiger partial charge in [-0.05, 0) is 49.7 Å². The monoisotopic (exact) mass is 302 g/mol. The van der Waals surface area contributed by atoms with Crippen LogP contribution in [0, 0.1) is 13.8 Å². The summed E-state index contributed by atoms with van der Waals surface area (Å²) in [5, 5.41) is 0.576. The van der Waals surface area contributed by atoms with E-state index in [0.29, 0.717) is 5.02 Å². The van der Waals surface area contributed by atoms with E-state index in [1.807, 2.05) is 6.92 Å². The molecule has 2 rings (SSSR count). The van der Waals surface area contributed by atoms with Gasteiger partial charge >= 0.3 is 10.1 Å². The molecule has 0 aliphatic rings.